The van der Waals surface area contributed by atoms with Gasteiger partial charge in [-0.2, -0.15) is 0 Å². The van der Waals surface area contributed by atoms with Gasteiger partial charge < -0.3 is 10.3 Å². The highest BCUT2D eigenvalue weighted by Gasteiger charge is 2.52. The van der Waals surface area contributed by atoms with E-state index in [1.54, 1.807) is 0 Å². The third-order valence-electron chi connectivity index (χ3n) is 5.69. The third kappa shape index (κ3) is 3.50. The molecule has 1 saturated carbocycles. The van der Waals surface area contributed by atoms with E-state index in [0.29, 0.717) is 12.0 Å². The quantitative estimate of drug-likeness (QED) is 0.887. The molecule has 1 saturated heterocycles. The zero-order chi connectivity index (χ0) is 18.5. The number of carbonyl (C=O) groups is 1. The van der Waals surface area contributed by atoms with Crippen molar-refractivity contribution in [1.82, 2.24) is 20.2 Å². The maximum Gasteiger partial charge on any atom is 0.234 e. The Morgan fingerprint density at radius 1 is 1.35 bits per heavy atom. The second-order valence-electron chi connectivity index (χ2n) is 9.58. The van der Waals surface area contributed by atoms with Crippen LogP contribution in [0.15, 0.2) is 18.2 Å². The maximum absolute atomic E-state index is 12.0. The first-order valence-electron chi connectivity index (χ1n) is 9.69. The van der Waals surface area contributed by atoms with Crippen LogP contribution in [0.3, 0.4) is 0 Å². The number of amides is 1. The SMILES string of the molecule is Cc1cccc2[nH]c(CC3CC4(C3)CN(CC(=O)NC(C)(C)C)C4)nc12. The number of aromatic amines is 1. The van der Waals surface area contributed by atoms with Crippen LogP contribution in [0.1, 0.15) is 45.0 Å². The monoisotopic (exact) mass is 354 g/mol. The number of fused-ring (bicyclic) bond motifs is 1. The topological polar surface area (TPSA) is 61.0 Å². The second kappa shape index (κ2) is 6.08. The summed E-state index contributed by atoms with van der Waals surface area (Å²) in [5, 5.41) is 3.05. The summed E-state index contributed by atoms with van der Waals surface area (Å²) in [5.74, 6) is 1.98. The van der Waals surface area contributed by atoms with E-state index in [-0.39, 0.29) is 11.4 Å². The van der Waals surface area contributed by atoms with Crippen molar-refractivity contribution in [3.05, 3.63) is 29.6 Å². The van der Waals surface area contributed by atoms with Gasteiger partial charge in [0.05, 0.1) is 17.6 Å². The van der Waals surface area contributed by atoms with Gasteiger partial charge >= 0.3 is 0 Å². The summed E-state index contributed by atoms with van der Waals surface area (Å²) in [7, 11) is 0. The standard InChI is InChI=1S/C21H30N4O/c1-14-6-5-7-16-19(14)23-17(22-16)8-15-9-21(10-15)12-25(13-21)11-18(26)24-20(2,3)4/h5-7,15H,8-13H2,1-4H3,(H,22,23)(H,24,26). The fourth-order valence-electron chi connectivity index (χ4n) is 4.84. The Labute approximate surface area is 155 Å². The molecule has 1 amide bonds. The lowest BCUT2D eigenvalue weighted by atomic mass is 9.57. The lowest BCUT2D eigenvalue weighted by Crippen LogP contribution is -2.64. The largest absolute Gasteiger partial charge is 0.350 e. The number of carbonyl (C=O) groups excluding carboxylic acids is 1. The molecule has 4 rings (SSSR count). The van der Waals surface area contributed by atoms with Gasteiger partial charge in [-0.15, -0.1) is 0 Å². The first-order valence-corrected chi connectivity index (χ1v) is 9.69. The zero-order valence-electron chi connectivity index (χ0n) is 16.4. The molecule has 1 aliphatic carbocycles. The lowest BCUT2D eigenvalue weighted by Gasteiger charge is -2.59. The number of hydrogen-bond donors (Lipinski definition) is 2. The number of rotatable bonds is 4. The van der Waals surface area contributed by atoms with Gasteiger partial charge in [0, 0.05) is 25.0 Å². The molecule has 2 fully saturated rings. The van der Waals surface area contributed by atoms with Crippen LogP contribution in [0, 0.1) is 18.3 Å². The van der Waals surface area contributed by atoms with E-state index in [4.69, 9.17) is 4.98 Å². The van der Waals surface area contributed by atoms with Crippen molar-refractivity contribution in [2.24, 2.45) is 11.3 Å². The maximum atomic E-state index is 12.0. The third-order valence-corrected chi connectivity index (χ3v) is 5.69. The molecule has 0 unspecified atom stereocenters. The number of benzene rings is 1. The van der Waals surface area contributed by atoms with E-state index in [0.717, 1.165) is 42.3 Å². The summed E-state index contributed by atoms with van der Waals surface area (Å²) in [6.45, 7) is 10.9. The van der Waals surface area contributed by atoms with Crippen molar-refractivity contribution >= 4 is 16.9 Å². The van der Waals surface area contributed by atoms with Crippen LogP contribution in [0.4, 0.5) is 0 Å². The van der Waals surface area contributed by atoms with Crippen LogP contribution < -0.4 is 5.32 Å². The summed E-state index contributed by atoms with van der Waals surface area (Å²) in [5.41, 5.74) is 3.81. The Morgan fingerprint density at radius 3 is 2.73 bits per heavy atom. The van der Waals surface area contributed by atoms with E-state index < -0.39 is 0 Å². The van der Waals surface area contributed by atoms with Gasteiger partial charge in [-0.1, -0.05) is 12.1 Å². The molecule has 0 atom stereocenters. The van der Waals surface area contributed by atoms with Crippen molar-refractivity contribution in [1.29, 1.82) is 0 Å². The van der Waals surface area contributed by atoms with E-state index in [2.05, 4.69) is 40.3 Å². The molecule has 1 aromatic heterocycles. The Hall–Kier alpha value is -1.88. The van der Waals surface area contributed by atoms with Crippen molar-refractivity contribution in [2.75, 3.05) is 19.6 Å². The molecule has 2 N–H and O–H groups in total. The molecule has 5 heteroatoms. The van der Waals surface area contributed by atoms with Gasteiger partial charge in [-0.3, -0.25) is 9.69 Å². The molecule has 1 aliphatic heterocycles. The minimum Gasteiger partial charge on any atom is -0.350 e. The van der Waals surface area contributed by atoms with E-state index >= 15 is 0 Å². The van der Waals surface area contributed by atoms with Crippen LogP contribution in [0.2, 0.25) is 0 Å². The fourth-order valence-corrected chi connectivity index (χ4v) is 4.84. The van der Waals surface area contributed by atoms with Gasteiger partial charge in [0.25, 0.3) is 0 Å². The molecule has 0 bridgehead atoms. The van der Waals surface area contributed by atoms with Crippen LogP contribution >= 0.6 is 0 Å². The van der Waals surface area contributed by atoms with Crippen molar-refractivity contribution in [3.63, 3.8) is 0 Å². The molecule has 2 aliphatic rings. The van der Waals surface area contributed by atoms with Gasteiger partial charge in [-0.05, 0) is 63.5 Å². The molecule has 0 radical (unpaired) electrons. The number of aromatic nitrogens is 2. The van der Waals surface area contributed by atoms with E-state index in [1.165, 1.54) is 18.4 Å². The number of imidazole rings is 1. The van der Waals surface area contributed by atoms with Gasteiger partial charge in [-0.25, -0.2) is 4.98 Å². The number of likely N-dealkylation sites (tertiary alicyclic amines) is 1. The number of nitrogens with one attached hydrogen (secondary N) is 2. The summed E-state index contributed by atoms with van der Waals surface area (Å²) in [4.78, 5) is 22.6. The lowest BCUT2D eigenvalue weighted by molar-refractivity contribution is -0.133. The predicted molar refractivity (Wildman–Crippen MR) is 104 cm³/mol. The highest BCUT2D eigenvalue weighted by molar-refractivity contribution is 5.79. The molecule has 140 valence electrons. The predicted octanol–water partition coefficient (Wildman–Crippen LogP) is 3.04. The first-order chi connectivity index (χ1) is 12.2. The van der Waals surface area contributed by atoms with Crippen molar-refractivity contribution in [2.45, 2.75) is 52.5 Å². The van der Waals surface area contributed by atoms with Gasteiger partial charge in [0.2, 0.25) is 5.91 Å². The van der Waals surface area contributed by atoms with E-state index in [1.807, 2.05) is 20.8 Å². The number of aryl methyl sites for hydroxylation is 1. The van der Waals surface area contributed by atoms with Crippen LogP contribution in [-0.2, 0) is 11.2 Å². The molecule has 26 heavy (non-hydrogen) atoms. The van der Waals surface area contributed by atoms with Gasteiger partial charge in [0.1, 0.15) is 5.82 Å². The average molecular weight is 354 g/mol. The summed E-state index contributed by atoms with van der Waals surface area (Å²) >= 11 is 0. The van der Waals surface area contributed by atoms with Crippen LogP contribution in [0.25, 0.3) is 11.0 Å². The molecule has 2 aromatic rings. The number of hydrogen-bond acceptors (Lipinski definition) is 3. The molecule has 5 nitrogen and oxygen atoms in total. The van der Waals surface area contributed by atoms with Crippen LogP contribution in [0.5, 0.6) is 0 Å². The fraction of sp³-hybridized carbons (Fsp3) is 0.619. The Balaban J connectivity index is 1.25. The minimum absolute atomic E-state index is 0.140. The van der Waals surface area contributed by atoms with Crippen molar-refractivity contribution in [3.8, 4) is 0 Å². The molecular weight excluding hydrogens is 324 g/mol. The smallest absolute Gasteiger partial charge is 0.234 e. The summed E-state index contributed by atoms with van der Waals surface area (Å²) < 4.78 is 0. The van der Waals surface area contributed by atoms with Gasteiger partial charge in [0.15, 0.2) is 0 Å². The highest BCUT2D eigenvalue weighted by atomic mass is 16.2. The second-order valence-corrected chi connectivity index (χ2v) is 9.58. The highest BCUT2D eigenvalue weighted by Crippen LogP contribution is 2.52. The Kier molecular flexibility index (Phi) is 4.10. The molecule has 1 aromatic carbocycles. The normalized spacial score (nSPS) is 20.2. The first kappa shape index (κ1) is 17.5. The van der Waals surface area contributed by atoms with Crippen molar-refractivity contribution < 1.29 is 4.79 Å². The zero-order valence-corrected chi connectivity index (χ0v) is 16.4. The molecular formula is C21H30N4O. The number of nitrogens with zero attached hydrogens (tertiary/aromatic N) is 2. The average Bonchev–Trinajstić information content (AvgIpc) is 2.85. The minimum atomic E-state index is -0.147. The molecule has 2 heterocycles. The van der Waals surface area contributed by atoms with E-state index in [9.17, 15) is 4.79 Å². The molecule has 1 spiro atoms. The number of H-pyrrole nitrogens is 1. The summed E-state index contributed by atoms with van der Waals surface area (Å²) in [6.07, 6.45) is 3.57. The van der Waals surface area contributed by atoms with Crippen LogP contribution in [-0.4, -0.2) is 45.9 Å². The Bertz CT molecular complexity index is 818. The number of para-hydroxylation sites is 1. The Morgan fingerprint density at radius 2 is 2.08 bits per heavy atom. The summed E-state index contributed by atoms with van der Waals surface area (Å²) in [6, 6.07) is 6.30.